The first-order valence-corrected chi connectivity index (χ1v) is 4.46. The highest BCUT2D eigenvalue weighted by atomic mass is 16.1. The number of pyridine rings is 1. The summed E-state index contributed by atoms with van der Waals surface area (Å²) < 4.78 is 0. The third kappa shape index (κ3) is 1.91. The average Bonchev–Trinajstić information content (AvgIpc) is 2.07. The standard InChI is InChI=1S/C10H16N2O/c1-5-8-7(2)6-9(12(3)4)10(13)11-8/h6H,5H2,1-4H3,(H,11,13). The van der Waals surface area contributed by atoms with E-state index >= 15 is 0 Å². The number of hydrogen-bond acceptors (Lipinski definition) is 2. The molecule has 3 heteroatoms. The molecule has 1 heterocycles. The van der Waals surface area contributed by atoms with E-state index in [9.17, 15) is 4.79 Å². The quantitative estimate of drug-likeness (QED) is 0.745. The van der Waals surface area contributed by atoms with Crippen molar-refractivity contribution >= 4 is 5.69 Å². The van der Waals surface area contributed by atoms with E-state index in [1.54, 1.807) is 0 Å². The molecule has 0 radical (unpaired) electrons. The minimum atomic E-state index is -0.00699. The van der Waals surface area contributed by atoms with E-state index in [2.05, 4.69) is 4.98 Å². The molecule has 0 aliphatic carbocycles. The molecule has 1 rings (SSSR count). The molecule has 0 aromatic carbocycles. The summed E-state index contributed by atoms with van der Waals surface area (Å²) in [6, 6.07) is 1.93. The third-order valence-corrected chi connectivity index (χ3v) is 2.16. The number of anilines is 1. The van der Waals surface area contributed by atoms with Crippen molar-refractivity contribution in [2.24, 2.45) is 0 Å². The van der Waals surface area contributed by atoms with Gasteiger partial charge < -0.3 is 9.88 Å². The van der Waals surface area contributed by atoms with Crippen LogP contribution in [-0.4, -0.2) is 19.1 Å². The zero-order valence-electron chi connectivity index (χ0n) is 8.64. The van der Waals surface area contributed by atoms with Gasteiger partial charge in [-0.2, -0.15) is 0 Å². The van der Waals surface area contributed by atoms with Crippen LogP contribution in [0.4, 0.5) is 5.69 Å². The normalized spacial score (nSPS) is 10.2. The van der Waals surface area contributed by atoms with Crippen LogP contribution in [0.15, 0.2) is 10.9 Å². The van der Waals surface area contributed by atoms with Crippen molar-refractivity contribution in [3.8, 4) is 0 Å². The lowest BCUT2D eigenvalue weighted by Crippen LogP contribution is -2.22. The number of nitrogens with zero attached hydrogens (tertiary/aromatic N) is 1. The number of aromatic amines is 1. The van der Waals surface area contributed by atoms with Crippen molar-refractivity contribution in [1.29, 1.82) is 0 Å². The molecule has 0 unspecified atom stereocenters. The first-order chi connectivity index (χ1) is 6.06. The molecular formula is C10H16N2O. The SMILES string of the molecule is CCc1[nH]c(=O)c(N(C)C)cc1C. The maximum Gasteiger partial charge on any atom is 0.271 e. The average molecular weight is 180 g/mol. The Morgan fingerprint density at radius 1 is 1.46 bits per heavy atom. The smallest absolute Gasteiger partial charge is 0.271 e. The second-order valence-corrected chi connectivity index (χ2v) is 3.39. The van der Waals surface area contributed by atoms with Gasteiger partial charge in [0.2, 0.25) is 0 Å². The van der Waals surface area contributed by atoms with Gasteiger partial charge in [0, 0.05) is 19.8 Å². The van der Waals surface area contributed by atoms with E-state index in [0.717, 1.165) is 23.4 Å². The van der Waals surface area contributed by atoms with Crippen LogP contribution in [0.2, 0.25) is 0 Å². The monoisotopic (exact) mass is 180 g/mol. The molecule has 0 aliphatic rings. The Hall–Kier alpha value is -1.25. The van der Waals surface area contributed by atoms with E-state index in [1.165, 1.54) is 0 Å². The highest BCUT2D eigenvalue weighted by Crippen LogP contribution is 2.09. The van der Waals surface area contributed by atoms with Gasteiger partial charge in [-0.25, -0.2) is 0 Å². The second-order valence-electron chi connectivity index (χ2n) is 3.39. The molecule has 3 nitrogen and oxygen atoms in total. The third-order valence-electron chi connectivity index (χ3n) is 2.16. The van der Waals surface area contributed by atoms with Gasteiger partial charge >= 0.3 is 0 Å². The van der Waals surface area contributed by atoms with Gasteiger partial charge in [-0.3, -0.25) is 4.79 Å². The van der Waals surface area contributed by atoms with Crippen LogP contribution < -0.4 is 10.5 Å². The molecule has 0 fully saturated rings. The van der Waals surface area contributed by atoms with Crippen molar-refractivity contribution in [3.63, 3.8) is 0 Å². The molecule has 0 amide bonds. The largest absolute Gasteiger partial charge is 0.373 e. The highest BCUT2D eigenvalue weighted by molar-refractivity contribution is 5.45. The second kappa shape index (κ2) is 3.64. The maximum atomic E-state index is 11.5. The number of aryl methyl sites for hydroxylation is 2. The molecule has 0 spiro atoms. The van der Waals surface area contributed by atoms with E-state index in [1.807, 2.05) is 38.9 Å². The van der Waals surface area contributed by atoms with Crippen molar-refractivity contribution in [2.75, 3.05) is 19.0 Å². The van der Waals surface area contributed by atoms with E-state index in [0.29, 0.717) is 0 Å². The van der Waals surface area contributed by atoms with Crippen molar-refractivity contribution in [3.05, 3.63) is 27.7 Å². The molecule has 1 aromatic heterocycles. The minimum absolute atomic E-state index is 0.00699. The summed E-state index contributed by atoms with van der Waals surface area (Å²) in [5, 5.41) is 0. The van der Waals surface area contributed by atoms with Crippen molar-refractivity contribution in [1.82, 2.24) is 4.98 Å². The maximum absolute atomic E-state index is 11.5. The fourth-order valence-electron chi connectivity index (χ4n) is 1.36. The van der Waals surface area contributed by atoms with Crippen molar-refractivity contribution in [2.45, 2.75) is 20.3 Å². The summed E-state index contributed by atoms with van der Waals surface area (Å²) in [6.07, 6.45) is 0.870. The predicted molar refractivity (Wildman–Crippen MR) is 55.5 cm³/mol. The van der Waals surface area contributed by atoms with Gasteiger partial charge in [-0.05, 0) is 25.0 Å². The van der Waals surface area contributed by atoms with Gasteiger partial charge in [-0.1, -0.05) is 6.92 Å². The summed E-state index contributed by atoms with van der Waals surface area (Å²) in [5.74, 6) is 0. The van der Waals surface area contributed by atoms with Gasteiger partial charge in [-0.15, -0.1) is 0 Å². The van der Waals surface area contributed by atoms with Crippen LogP contribution in [-0.2, 0) is 6.42 Å². The molecule has 1 aromatic rings. The Labute approximate surface area is 78.4 Å². The topological polar surface area (TPSA) is 36.1 Å². The van der Waals surface area contributed by atoms with Gasteiger partial charge in [0.1, 0.15) is 5.69 Å². The van der Waals surface area contributed by atoms with Gasteiger partial charge in [0.05, 0.1) is 0 Å². The first kappa shape index (κ1) is 9.84. The highest BCUT2D eigenvalue weighted by Gasteiger charge is 2.04. The van der Waals surface area contributed by atoms with E-state index in [-0.39, 0.29) is 5.56 Å². The lowest BCUT2D eigenvalue weighted by Gasteiger charge is -2.13. The fourth-order valence-corrected chi connectivity index (χ4v) is 1.36. The summed E-state index contributed by atoms with van der Waals surface area (Å²) in [4.78, 5) is 16.2. The molecule has 0 bridgehead atoms. The van der Waals surface area contributed by atoms with Crippen LogP contribution in [0.3, 0.4) is 0 Å². The summed E-state index contributed by atoms with van der Waals surface area (Å²) >= 11 is 0. The minimum Gasteiger partial charge on any atom is -0.373 e. The number of hydrogen-bond donors (Lipinski definition) is 1. The number of nitrogens with one attached hydrogen (secondary N) is 1. The Bertz CT molecular complexity index is 352. The Morgan fingerprint density at radius 2 is 2.08 bits per heavy atom. The van der Waals surface area contributed by atoms with E-state index < -0.39 is 0 Å². The number of aromatic nitrogens is 1. The Morgan fingerprint density at radius 3 is 2.54 bits per heavy atom. The van der Waals surface area contributed by atoms with Crippen LogP contribution in [0, 0.1) is 6.92 Å². The van der Waals surface area contributed by atoms with Crippen molar-refractivity contribution < 1.29 is 0 Å². The van der Waals surface area contributed by atoms with Gasteiger partial charge in [0.25, 0.3) is 5.56 Å². The Balaban J connectivity index is 3.29. The van der Waals surface area contributed by atoms with Crippen LogP contribution in [0.25, 0.3) is 0 Å². The van der Waals surface area contributed by atoms with E-state index in [4.69, 9.17) is 0 Å². The number of H-pyrrole nitrogens is 1. The number of rotatable bonds is 2. The van der Waals surface area contributed by atoms with Crippen LogP contribution in [0.1, 0.15) is 18.2 Å². The predicted octanol–water partition coefficient (Wildman–Crippen LogP) is 1.31. The lowest BCUT2D eigenvalue weighted by atomic mass is 10.1. The molecular weight excluding hydrogens is 164 g/mol. The molecule has 0 atom stereocenters. The summed E-state index contributed by atoms with van der Waals surface area (Å²) in [7, 11) is 3.74. The molecule has 0 saturated carbocycles. The first-order valence-electron chi connectivity index (χ1n) is 4.46. The zero-order chi connectivity index (χ0) is 10.0. The summed E-state index contributed by atoms with van der Waals surface area (Å²) in [5.41, 5.74) is 2.88. The van der Waals surface area contributed by atoms with Crippen LogP contribution >= 0.6 is 0 Å². The zero-order valence-corrected chi connectivity index (χ0v) is 8.64. The van der Waals surface area contributed by atoms with Gasteiger partial charge in [0.15, 0.2) is 0 Å². The van der Waals surface area contributed by atoms with Crippen LogP contribution in [0.5, 0.6) is 0 Å². The molecule has 13 heavy (non-hydrogen) atoms. The molecule has 0 saturated heterocycles. The molecule has 72 valence electrons. The fraction of sp³-hybridized carbons (Fsp3) is 0.500. The Kier molecular flexibility index (Phi) is 2.76. The molecule has 0 aliphatic heterocycles. The summed E-state index contributed by atoms with van der Waals surface area (Å²) in [6.45, 7) is 4.05. The molecule has 1 N–H and O–H groups in total. The lowest BCUT2D eigenvalue weighted by molar-refractivity contribution is 0.968.